The van der Waals surface area contributed by atoms with Crippen LogP contribution in [-0.4, -0.2) is 11.1 Å². The van der Waals surface area contributed by atoms with E-state index in [0.29, 0.717) is 0 Å². The van der Waals surface area contributed by atoms with Crippen molar-refractivity contribution < 1.29 is 9.90 Å². The number of carboxylic acids is 1. The molecular weight excluding hydrogens is 202 g/mol. The monoisotopic (exact) mass is 221 g/mol. The normalized spacial score (nSPS) is 13.5. The van der Waals surface area contributed by atoms with E-state index in [9.17, 15) is 4.79 Å². The summed E-state index contributed by atoms with van der Waals surface area (Å²) < 4.78 is 0. The molecule has 0 aliphatic rings. The third kappa shape index (κ3) is 2.42. The lowest BCUT2D eigenvalue weighted by Gasteiger charge is -2.27. The van der Waals surface area contributed by atoms with E-state index in [1.54, 1.807) is 13.8 Å². The van der Waals surface area contributed by atoms with E-state index < -0.39 is 17.4 Å². The highest BCUT2D eigenvalue weighted by atomic mass is 16.4. The minimum absolute atomic E-state index is 0.490. The summed E-state index contributed by atoms with van der Waals surface area (Å²) in [6.07, 6.45) is 0.970. The Labute approximate surface area is 96.3 Å². The van der Waals surface area contributed by atoms with Gasteiger partial charge in [0.15, 0.2) is 0 Å². The van der Waals surface area contributed by atoms with Gasteiger partial charge in [-0.2, -0.15) is 0 Å². The smallest absolute Gasteiger partial charge is 0.311 e. The fourth-order valence-electron chi connectivity index (χ4n) is 1.51. The van der Waals surface area contributed by atoms with E-state index >= 15 is 0 Å². The van der Waals surface area contributed by atoms with Gasteiger partial charge in [0.2, 0.25) is 0 Å². The molecule has 1 aromatic carbocycles. The van der Waals surface area contributed by atoms with Gasteiger partial charge < -0.3 is 10.8 Å². The van der Waals surface area contributed by atoms with Crippen LogP contribution in [-0.2, 0) is 11.2 Å². The number of hydrogen-bond donors (Lipinski definition) is 2. The number of aliphatic carboxylic acids is 1. The standard InChI is InChI=1S/C13H19NO2/c1-4-9-5-7-10(8-6-9)11(14)13(2,3)12(15)16/h5-8,11H,4,14H2,1-3H3,(H,15,16). The molecule has 88 valence electrons. The van der Waals surface area contributed by atoms with Gasteiger partial charge in [-0.05, 0) is 31.4 Å². The first-order valence-electron chi connectivity index (χ1n) is 5.47. The molecule has 16 heavy (non-hydrogen) atoms. The van der Waals surface area contributed by atoms with Crippen LogP contribution >= 0.6 is 0 Å². The number of aryl methyl sites for hydroxylation is 1. The molecule has 0 aliphatic carbocycles. The molecule has 0 spiro atoms. The van der Waals surface area contributed by atoms with Crippen LogP contribution in [0, 0.1) is 5.41 Å². The zero-order valence-electron chi connectivity index (χ0n) is 10.0. The largest absolute Gasteiger partial charge is 0.481 e. The van der Waals surface area contributed by atoms with Crippen molar-refractivity contribution in [3.05, 3.63) is 35.4 Å². The van der Waals surface area contributed by atoms with Crippen molar-refractivity contribution in [3.63, 3.8) is 0 Å². The van der Waals surface area contributed by atoms with Crippen LogP contribution in [0.3, 0.4) is 0 Å². The Bertz CT molecular complexity index is 368. The molecule has 1 atom stereocenters. The van der Waals surface area contributed by atoms with Crippen molar-refractivity contribution in [1.29, 1.82) is 0 Å². The molecule has 0 fully saturated rings. The fraction of sp³-hybridized carbons (Fsp3) is 0.462. The van der Waals surface area contributed by atoms with Crippen LogP contribution in [0.2, 0.25) is 0 Å². The lowest BCUT2D eigenvalue weighted by Crippen LogP contribution is -2.36. The first kappa shape index (κ1) is 12.7. The quantitative estimate of drug-likeness (QED) is 0.820. The zero-order valence-corrected chi connectivity index (χ0v) is 10.0. The highest BCUT2D eigenvalue weighted by Crippen LogP contribution is 2.31. The van der Waals surface area contributed by atoms with Crippen LogP contribution in [0.1, 0.15) is 37.9 Å². The molecule has 0 saturated heterocycles. The van der Waals surface area contributed by atoms with Gasteiger partial charge in [-0.3, -0.25) is 4.79 Å². The van der Waals surface area contributed by atoms with Crippen molar-refractivity contribution in [1.82, 2.24) is 0 Å². The molecule has 3 nitrogen and oxygen atoms in total. The summed E-state index contributed by atoms with van der Waals surface area (Å²) in [6, 6.07) is 7.32. The van der Waals surface area contributed by atoms with E-state index in [4.69, 9.17) is 10.8 Å². The Morgan fingerprint density at radius 2 is 1.88 bits per heavy atom. The second-order valence-electron chi connectivity index (χ2n) is 4.60. The molecule has 3 heteroatoms. The van der Waals surface area contributed by atoms with Gasteiger partial charge in [0.25, 0.3) is 0 Å². The lowest BCUT2D eigenvalue weighted by molar-refractivity contribution is -0.148. The van der Waals surface area contributed by atoms with Gasteiger partial charge in [-0.15, -0.1) is 0 Å². The number of hydrogen-bond acceptors (Lipinski definition) is 2. The Hall–Kier alpha value is -1.35. The predicted octanol–water partition coefficient (Wildman–Crippen LogP) is 2.36. The summed E-state index contributed by atoms with van der Waals surface area (Å²) in [5, 5.41) is 9.09. The van der Waals surface area contributed by atoms with Gasteiger partial charge in [-0.1, -0.05) is 31.2 Å². The molecule has 1 rings (SSSR count). The van der Waals surface area contributed by atoms with Crippen LogP contribution < -0.4 is 5.73 Å². The van der Waals surface area contributed by atoms with E-state index in [1.807, 2.05) is 24.3 Å². The minimum atomic E-state index is -0.951. The number of benzene rings is 1. The molecule has 0 radical (unpaired) electrons. The van der Waals surface area contributed by atoms with E-state index in [1.165, 1.54) is 5.56 Å². The fourth-order valence-corrected chi connectivity index (χ4v) is 1.51. The van der Waals surface area contributed by atoms with Crippen molar-refractivity contribution in [2.45, 2.75) is 33.2 Å². The highest BCUT2D eigenvalue weighted by molar-refractivity contribution is 5.75. The van der Waals surface area contributed by atoms with Crippen LogP contribution in [0.5, 0.6) is 0 Å². The number of carbonyl (C=O) groups is 1. The predicted molar refractivity (Wildman–Crippen MR) is 64.2 cm³/mol. The molecule has 0 heterocycles. The first-order chi connectivity index (χ1) is 7.39. The molecule has 0 aromatic heterocycles. The molecule has 1 aromatic rings. The van der Waals surface area contributed by atoms with Crippen LogP contribution in [0.25, 0.3) is 0 Å². The average molecular weight is 221 g/mol. The van der Waals surface area contributed by atoms with Gasteiger partial charge in [0.1, 0.15) is 0 Å². The summed E-state index contributed by atoms with van der Waals surface area (Å²) in [4.78, 5) is 11.1. The number of rotatable bonds is 4. The minimum Gasteiger partial charge on any atom is -0.481 e. The molecule has 3 N–H and O–H groups in total. The van der Waals surface area contributed by atoms with Crippen molar-refractivity contribution >= 4 is 5.97 Å². The van der Waals surface area contributed by atoms with Crippen LogP contribution in [0.4, 0.5) is 0 Å². The maximum Gasteiger partial charge on any atom is 0.311 e. The molecule has 0 saturated carbocycles. The summed E-state index contributed by atoms with van der Waals surface area (Å²) in [5.74, 6) is -0.875. The van der Waals surface area contributed by atoms with Gasteiger partial charge >= 0.3 is 5.97 Å². The highest BCUT2D eigenvalue weighted by Gasteiger charge is 2.35. The topological polar surface area (TPSA) is 63.3 Å². The number of carboxylic acid groups (broad SMARTS) is 1. The van der Waals surface area contributed by atoms with Crippen LogP contribution in [0.15, 0.2) is 24.3 Å². The maximum absolute atomic E-state index is 11.1. The molecule has 0 amide bonds. The second kappa shape index (κ2) is 4.66. The number of nitrogens with two attached hydrogens (primary N) is 1. The Balaban J connectivity index is 2.96. The van der Waals surface area contributed by atoms with E-state index in [-0.39, 0.29) is 0 Å². The summed E-state index contributed by atoms with van der Waals surface area (Å²) in [6.45, 7) is 5.37. The van der Waals surface area contributed by atoms with Gasteiger partial charge in [0.05, 0.1) is 5.41 Å². The summed E-state index contributed by atoms with van der Waals surface area (Å²) in [7, 11) is 0. The third-order valence-corrected chi connectivity index (χ3v) is 3.08. The zero-order chi connectivity index (χ0) is 12.3. The average Bonchev–Trinajstić information content (AvgIpc) is 2.28. The van der Waals surface area contributed by atoms with E-state index in [2.05, 4.69) is 6.92 Å². The van der Waals surface area contributed by atoms with Gasteiger partial charge in [0, 0.05) is 6.04 Å². The first-order valence-corrected chi connectivity index (χ1v) is 5.47. The SMILES string of the molecule is CCc1ccc(C(N)C(C)(C)C(=O)O)cc1. The molecule has 1 unspecified atom stereocenters. The second-order valence-corrected chi connectivity index (χ2v) is 4.60. The Kier molecular flexibility index (Phi) is 3.70. The maximum atomic E-state index is 11.1. The molecule has 0 aliphatic heterocycles. The summed E-state index contributed by atoms with van der Waals surface area (Å²) in [5.41, 5.74) is 7.13. The molecule has 0 bridgehead atoms. The van der Waals surface area contributed by atoms with Gasteiger partial charge in [-0.25, -0.2) is 0 Å². The van der Waals surface area contributed by atoms with E-state index in [0.717, 1.165) is 12.0 Å². The van der Waals surface area contributed by atoms with Crippen molar-refractivity contribution in [2.24, 2.45) is 11.1 Å². The Morgan fingerprint density at radius 1 is 1.38 bits per heavy atom. The third-order valence-electron chi connectivity index (χ3n) is 3.08. The lowest BCUT2D eigenvalue weighted by atomic mass is 9.81. The molecular formula is C13H19NO2. The van der Waals surface area contributed by atoms with Crippen molar-refractivity contribution in [2.75, 3.05) is 0 Å². The van der Waals surface area contributed by atoms with Crippen molar-refractivity contribution in [3.8, 4) is 0 Å². The summed E-state index contributed by atoms with van der Waals surface area (Å²) >= 11 is 0. The Morgan fingerprint density at radius 3 is 2.25 bits per heavy atom.